The molecule has 5 heteroatoms. The molecular formula is C16H22Cl2N2O. The van der Waals surface area contributed by atoms with Crippen molar-refractivity contribution < 1.29 is 4.79 Å². The molecule has 0 N–H and O–H groups in total. The number of hydrogen-bond donors (Lipinski definition) is 0. The zero-order valence-electron chi connectivity index (χ0n) is 12.6. The fourth-order valence-corrected chi connectivity index (χ4v) is 2.85. The quantitative estimate of drug-likeness (QED) is 0.841. The normalized spacial score (nSPS) is 16.5. The fraction of sp³-hybridized carbons (Fsp3) is 0.562. The van der Waals surface area contributed by atoms with E-state index < -0.39 is 0 Å². The van der Waals surface area contributed by atoms with Crippen molar-refractivity contribution in [2.45, 2.75) is 26.8 Å². The van der Waals surface area contributed by atoms with Crippen molar-refractivity contribution in [1.29, 1.82) is 0 Å². The van der Waals surface area contributed by atoms with Gasteiger partial charge in [-0.05, 0) is 23.6 Å². The van der Waals surface area contributed by atoms with Gasteiger partial charge in [-0.2, -0.15) is 0 Å². The zero-order valence-corrected chi connectivity index (χ0v) is 14.1. The van der Waals surface area contributed by atoms with Crippen molar-refractivity contribution in [2.75, 3.05) is 26.2 Å². The summed E-state index contributed by atoms with van der Waals surface area (Å²) in [6, 6.07) is 5.76. The molecule has 3 nitrogen and oxygen atoms in total. The van der Waals surface area contributed by atoms with Crippen LogP contribution < -0.4 is 0 Å². The maximum Gasteiger partial charge on any atom is 0.222 e. The summed E-state index contributed by atoms with van der Waals surface area (Å²) >= 11 is 12.0. The first kappa shape index (κ1) is 16.6. The van der Waals surface area contributed by atoms with Crippen molar-refractivity contribution in [3.8, 4) is 0 Å². The minimum absolute atomic E-state index is 0.277. The van der Waals surface area contributed by atoms with Gasteiger partial charge < -0.3 is 4.90 Å². The predicted octanol–water partition coefficient (Wildman–Crippen LogP) is 3.68. The number of nitrogens with zero attached hydrogens (tertiary/aromatic N) is 2. The van der Waals surface area contributed by atoms with Gasteiger partial charge in [0.05, 0.1) is 10.0 Å². The monoisotopic (exact) mass is 328 g/mol. The molecule has 0 unspecified atom stereocenters. The van der Waals surface area contributed by atoms with E-state index in [9.17, 15) is 4.79 Å². The van der Waals surface area contributed by atoms with Crippen molar-refractivity contribution in [2.24, 2.45) is 5.92 Å². The molecule has 0 radical (unpaired) electrons. The highest BCUT2D eigenvalue weighted by Crippen LogP contribution is 2.23. The van der Waals surface area contributed by atoms with Gasteiger partial charge in [0.15, 0.2) is 0 Å². The molecule has 1 heterocycles. The first-order chi connectivity index (χ1) is 9.95. The highest BCUT2D eigenvalue weighted by molar-refractivity contribution is 6.42. The van der Waals surface area contributed by atoms with Gasteiger partial charge in [-0.1, -0.05) is 43.1 Å². The van der Waals surface area contributed by atoms with Crippen molar-refractivity contribution >= 4 is 29.1 Å². The summed E-state index contributed by atoms with van der Waals surface area (Å²) in [5.74, 6) is 0.700. The SMILES string of the molecule is CC(C)CC(=O)N1CCN(Cc2ccc(Cl)c(Cl)c2)CC1. The van der Waals surface area contributed by atoms with E-state index in [1.54, 1.807) is 0 Å². The molecule has 0 saturated carbocycles. The smallest absolute Gasteiger partial charge is 0.222 e. The van der Waals surface area contributed by atoms with Crippen LogP contribution in [-0.4, -0.2) is 41.9 Å². The van der Waals surface area contributed by atoms with Gasteiger partial charge in [0.1, 0.15) is 0 Å². The summed E-state index contributed by atoms with van der Waals surface area (Å²) in [5.41, 5.74) is 1.16. The molecule has 1 aromatic rings. The third kappa shape index (κ3) is 4.87. The number of hydrogen-bond acceptors (Lipinski definition) is 2. The molecule has 0 bridgehead atoms. The standard InChI is InChI=1S/C16H22Cl2N2O/c1-12(2)9-16(21)20-7-5-19(6-8-20)11-13-3-4-14(17)15(18)10-13/h3-4,10,12H,5-9,11H2,1-2H3. The van der Waals surface area contributed by atoms with E-state index in [1.807, 2.05) is 23.1 Å². The Morgan fingerprint density at radius 2 is 1.81 bits per heavy atom. The van der Waals surface area contributed by atoms with Crippen LogP contribution in [-0.2, 0) is 11.3 Å². The lowest BCUT2D eigenvalue weighted by Gasteiger charge is -2.35. The highest BCUT2D eigenvalue weighted by Gasteiger charge is 2.21. The molecule has 0 spiro atoms. The number of amides is 1. The first-order valence-corrected chi connectivity index (χ1v) is 8.15. The average Bonchev–Trinajstić information content (AvgIpc) is 2.43. The van der Waals surface area contributed by atoms with Crippen LogP contribution in [0.5, 0.6) is 0 Å². The van der Waals surface area contributed by atoms with E-state index >= 15 is 0 Å². The molecule has 116 valence electrons. The van der Waals surface area contributed by atoms with Gasteiger partial charge >= 0.3 is 0 Å². The number of halogens is 2. The van der Waals surface area contributed by atoms with E-state index in [4.69, 9.17) is 23.2 Å². The Bertz CT molecular complexity index is 497. The van der Waals surface area contributed by atoms with Gasteiger partial charge in [-0.15, -0.1) is 0 Å². The molecule has 0 aliphatic carbocycles. The Labute approximate surface area is 136 Å². The van der Waals surface area contributed by atoms with Crippen LogP contribution >= 0.6 is 23.2 Å². The van der Waals surface area contributed by atoms with Crippen LogP contribution in [0.1, 0.15) is 25.8 Å². The second-order valence-electron chi connectivity index (χ2n) is 6.00. The maximum absolute atomic E-state index is 12.0. The molecular weight excluding hydrogens is 307 g/mol. The topological polar surface area (TPSA) is 23.6 Å². The van der Waals surface area contributed by atoms with Crippen molar-refractivity contribution in [3.05, 3.63) is 33.8 Å². The molecule has 1 fully saturated rings. The summed E-state index contributed by atoms with van der Waals surface area (Å²) in [7, 11) is 0. The van der Waals surface area contributed by atoms with E-state index in [-0.39, 0.29) is 5.91 Å². The number of rotatable bonds is 4. The molecule has 0 atom stereocenters. The Kier molecular flexibility index (Phi) is 5.91. The second kappa shape index (κ2) is 7.48. The first-order valence-electron chi connectivity index (χ1n) is 7.39. The molecule has 1 aliphatic heterocycles. The minimum Gasteiger partial charge on any atom is -0.340 e. The summed E-state index contributed by atoms with van der Waals surface area (Å²) in [6.07, 6.45) is 0.646. The molecule has 1 aliphatic rings. The van der Waals surface area contributed by atoms with Gasteiger partial charge in [0.2, 0.25) is 5.91 Å². The molecule has 2 rings (SSSR count). The predicted molar refractivity (Wildman–Crippen MR) is 87.8 cm³/mol. The Balaban J connectivity index is 1.84. The van der Waals surface area contributed by atoms with Crippen molar-refractivity contribution in [3.63, 3.8) is 0 Å². The summed E-state index contributed by atoms with van der Waals surface area (Å²) < 4.78 is 0. The fourth-order valence-electron chi connectivity index (χ4n) is 2.53. The number of benzene rings is 1. The van der Waals surface area contributed by atoms with Crippen LogP contribution in [0.3, 0.4) is 0 Å². The van der Waals surface area contributed by atoms with E-state index in [0.717, 1.165) is 38.3 Å². The van der Waals surface area contributed by atoms with Gasteiger partial charge in [-0.25, -0.2) is 0 Å². The number of carbonyl (C=O) groups excluding carboxylic acids is 1. The molecule has 21 heavy (non-hydrogen) atoms. The second-order valence-corrected chi connectivity index (χ2v) is 6.82. The maximum atomic E-state index is 12.0. The Hall–Kier alpha value is -0.770. The van der Waals surface area contributed by atoms with Crippen LogP contribution in [0.4, 0.5) is 0 Å². The lowest BCUT2D eigenvalue weighted by Crippen LogP contribution is -2.48. The average molecular weight is 329 g/mol. The van der Waals surface area contributed by atoms with E-state index in [1.165, 1.54) is 0 Å². The summed E-state index contributed by atoms with van der Waals surface area (Å²) in [5, 5.41) is 1.18. The summed E-state index contributed by atoms with van der Waals surface area (Å²) in [4.78, 5) is 16.4. The van der Waals surface area contributed by atoms with Crippen molar-refractivity contribution in [1.82, 2.24) is 9.80 Å². The molecule has 0 aromatic heterocycles. The van der Waals surface area contributed by atoms with Gasteiger partial charge in [0, 0.05) is 39.1 Å². The third-order valence-corrected chi connectivity index (χ3v) is 4.44. The third-order valence-electron chi connectivity index (χ3n) is 3.70. The largest absolute Gasteiger partial charge is 0.340 e. The Morgan fingerprint density at radius 3 is 2.38 bits per heavy atom. The van der Waals surface area contributed by atoms with Crippen LogP contribution in [0.25, 0.3) is 0 Å². The molecule has 1 amide bonds. The summed E-state index contributed by atoms with van der Waals surface area (Å²) in [6.45, 7) is 8.45. The van der Waals surface area contributed by atoms with Crippen LogP contribution in [0.2, 0.25) is 10.0 Å². The lowest BCUT2D eigenvalue weighted by molar-refractivity contribution is -0.133. The van der Waals surface area contributed by atoms with E-state index in [0.29, 0.717) is 22.4 Å². The Morgan fingerprint density at radius 1 is 1.14 bits per heavy atom. The van der Waals surface area contributed by atoms with Crippen LogP contribution in [0.15, 0.2) is 18.2 Å². The molecule has 1 saturated heterocycles. The van der Waals surface area contributed by atoms with Crippen LogP contribution in [0, 0.1) is 5.92 Å². The number of carbonyl (C=O) groups is 1. The lowest BCUT2D eigenvalue weighted by atomic mass is 10.1. The van der Waals surface area contributed by atoms with Gasteiger partial charge in [0.25, 0.3) is 0 Å². The number of piperazine rings is 1. The molecule has 1 aromatic carbocycles. The van der Waals surface area contributed by atoms with Gasteiger partial charge in [-0.3, -0.25) is 9.69 Å². The zero-order chi connectivity index (χ0) is 15.4. The highest BCUT2D eigenvalue weighted by atomic mass is 35.5. The minimum atomic E-state index is 0.277. The van der Waals surface area contributed by atoms with E-state index in [2.05, 4.69) is 18.7 Å².